The SMILES string of the molecule is CCCN(C[C@@H](O)CCC1C(OC(=O)c2ccc(-c3ccccc3)cc2)CC2OC(=O)CC21)C(C)=O. The van der Waals surface area contributed by atoms with E-state index in [9.17, 15) is 19.5 Å². The molecule has 1 N–H and O–H groups in total. The van der Waals surface area contributed by atoms with Crippen molar-refractivity contribution in [3.05, 3.63) is 60.2 Å². The highest BCUT2D eigenvalue weighted by atomic mass is 16.6. The van der Waals surface area contributed by atoms with Crippen LogP contribution in [0.5, 0.6) is 0 Å². The number of carbonyl (C=O) groups is 3. The highest BCUT2D eigenvalue weighted by Crippen LogP contribution is 2.45. The zero-order chi connectivity index (χ0) is 25.7. The molecule has 5 atom stereocenters. The molecule has 2 fully saturated rings. The molecule has 192 valence electrons. The average Bonchev–Trinajstić information content (AvgIpc) is 3.38. The van der Waals surface area contributed by atoms with Crippen LogP contribution in [0.3, 0.4) is 0 Å². The fourth-order valence-corrected chi connectivity index (χ4v) is 5.51. The van der Waals surface area contributed by atoms with E-state index in [-0.39, 0.29) is 42.5 Å². The summed E-state index contributed by atoms with van der Waals surface area (Å²) in [5, 5.41) is 10.6. The fraction of sp³-hybridized carbons (Fsp3) is 0.483. The van der Waals surface area contributed by atoms with Crippen molar-refractivity contribution in [1.29, 1.82) is 0 Å². The monoisotopic (exact) mass is 493 g/mol. The van der Waals surface area contributed by atoms with Crippen LogP contribution in [-0.2, 0) is 19.1 Å². The van der Waals surface area contributed by atoms with Crippen LogP contribution in [0.15, 0.2) is 54.6 Å². The first-order valence-electron chi connectivity index (χ1n) is 12.8. The minimum atomic E-state index is -0.681. The molecule has 0 aromatic heterocycles. The number of carbonyl (C=O) groups excluding carboxylic acids is 3. The smallest absolute Gasteiger partial charge is 0.338 e. The molecule has 1 saturated carbocycles. The number of esters is 2. The van der Waals surface area contributed by atoms with Gasteiger partial charge in [-0.25, -0.2) is 4.79 Å². The third kappa shape index (κ3) is 6.13. The predicted octanol–water partition coefficient (Wildman–Crippen LogP) is 4.23. The second-order valence-electron chi connectivity index (χ2n) is 9.88. The molecule has 1 heterocycles. The second kappa shape index (κ2) is 11.7. The van der Waals surface area contributed by atoms with Gasteiger partial charge >= 0.3 is 11.9 Å². The summed E-state index contributed by atoms with van der Waals surface area (Å²) in [6, 6.07) is 17.3. The lowest BCUT2D eigenvalue weighted by atomic mass is 9.87. The Labute approximate surface area is 212 Å². The van der Waals surface area contributed by atoms with Crippen molar-refractivity contribution in [3.8, 4) is 11.1 Å². The molecule has 0 bridgehead atoms. The summed E-state index contributed by atoms with van der Waals surface area (Å²) < 4.78 is 11.4. The van der Waals surface area contributed by atoms with Crippen LogP contribution in [0.25, 0.3) is 11.1 Å². The highest BCUT2D eigenvalue weighted by Gasteiger charge is 2.51. The van der Waals surface area contributed by atoms with E-state index in [0.717, 1.165) is 17.5 Å². The van der Waals surface area contributed by atoms with Crippen molar-refractivity contribution in [2.45, 2.75) is 64.3 Å². The van der Waals surface area contributed by atoms with Gasteiger partial charge in [-0.05, 0) is 42.5 Å². The first-order chi connectivity index (χ1) is 17.4. The number of aliphatic hydroxyl groups excluding tert-OH is 1. The summed E-state index contributed by atoms with van der Waals surface area (Å²) in [5.41, 5.74) is 2.56. The first-order valence-corrected chi connectivity index (χ1v) is 12.8. The van der Waals surface area contributed by atoms with Crippen molar-refractivity contribution in [2.75, 3.05) is 13.1 Å². The standard InChI is InChI=1S/C29H35NO6/c1-3-15-30(19(2)31)18-23(32)13-14-24-25-16-28(33)35-27(25)17-26(24)36-29(34)22-11-9-21(10-12-22)20-7-5-4-6-8-20/h4-12,23-27,32H,3,13-18H2,1-2H3/t23-,24?,25?,26?,27?/m0/s1. The van der Waals surface area contributed by atoms with Gasteiger partial charge in [0.2, 0.25) is 5.91 Å². The van der Waals surface area contributed by atoms with Crippen molar-refractivity contribution >= 4 is 17.8 Å². The van der Waals surface area contributed by atoms with Gasteiger partial charge in [-0.3, -0.25) is 9.59 Å². The Hall–Kier alpha value is -3.19. The minimum absolute atomic E-state index is 0.0255. The summed E-state index contributed by atoms with van der Waals surface area (Å²) in [4.78, 5) is 38.4. The molecule has 36 heavy (non-hydrogen) atoms. The largest absolute Gasteiger partial charge is 0.462 e. The highest BCUT2D eigenvalue weighted by molar-refractivity contribution is 5.90. The Morgan fingerprint density at radius 2 is 1.81 bits per heavy atom. The van der Waals surface area contributed by atoms with Crippen molar-refractivity contribution in [2.24, 2.45) is 11.8 Å². The van der Waals surface area contributed by atoms with Crippen LogP contribution >= 0.6 is 0 Å². The number of ether oxygens (including phenoxy) is 2. The molecule has 2 aromatic carbocycles. The third-order valence-corrected chi connectivity index (χ3v) is 7.34. The van der Waals surface area contributed by atoms with E-state index in [1.165, 1.54) is 6.92 Å². The van der Waals surface area contributed by atoms with Crippen molar-refractivity contribution < 1.29 is 29.0 Å². The zero-order valence-electron chi connectivity index (χ0n) is 21.0. The van der Waals surface area contributed by atoms with Gasteiger partial charge in [0.15, 0.2) is 0 Å². The molecular weight excluding hydrogens is 458 g/mol. The van der Waals surface area contributed by atoms with Gasteiger partial charge in [0, 0.05) is 38.3 Å². The number of hydrogen-bond donors (Lipinski definition) is 1. The fourth-order valence-electron chi connectivity index (χ4n) is 5.51. The Morgan fingerprint density at radius 1 is 1.11 bits per heavy atom. The molecule has 7 heteroatoms. The number of nitrogens with zero attached hydrogens (tertiary/aromatic N) is 1. The quantitative estimate of drug-likeness (QED) is 0.498. The van der Waals surface area contributed by atoms with Crippen LogP contribution in [0, 0.1) is 11.8 Å². The van der Waals surface area contributed by atoms with Crippen LogP contribution in [0.1, 0.15) is 56.3 Å². The van der Waals surface area contributed by atoms with Gasteiger partial charge in [0.25, 0.3) is 0 Å². The first kappa shape index (κ1) is 25.9. The molecular formula is C29H35NO6. The van der Waals surface area contributed by atoms with E-state index in [4.69, 9.17) is 9.47 Å². The Balaban J connectivity index is 1.39. The molecule has 4 unspecified atom stereocenters. The van der Waals surface area contributed by atoms with Crippen LogP contribution < -0.4 is 0 Å². The number of fused-ring (bicyclic) bond motifs is 1. The topological polar surface area (TPSA) is 93.1 Å². The number of aliphatic hydroxyl groups is 1. The number of benzene rings is 2. The zero-order valence-corrected chi connectivity index (χ0v) is 21.0. The Bertz CT molecular complexity index is 1050. The average molecular weight is 494 g/mol. The minimum Gasteiger partial charge on any atom is -0.462 e. The van der Waals surface area contributed by atoms with Gasteiger partial charge < -0.3 is 19.5 Å². The molecule has 1 aliphatic carbocycles. The molecule has 2 aromatic rings. The third-order valence-electron chi connectivity index (χ3n) is 7.34. The molecule has 1 aliphatic heterocycles. The summed E-state index contributed by atoms with van der Waals surface area (Å²) in [6.45, 7) is 4.38. The molecule has 0 radical (unpaired) electrons. The van der Waals surface area contributed by atoms with Gasteiger partial charge in [0.05, 0.1) is 18.1 Å². The van der Waals surface area contributed by atoms with Gasteiger partial charge in [-0.15, -0.1) is 0 Å². The Morgan fingerprint density at radius 3 is 2.47 bits per heavy atom. The van der Waals surface area contributed by atoms with Gasteiger partial charge in [-0.1, -0.05) is 49.4 Å². The lowest BCUT2D eigenvalue weighted by molar-refractivity contribution is -0.142. The van der Waals surface area contributed by atoms with Crippen molar-refractivity contribution in [3.63, 3.8) is 0 Å². The summed E-state index contributed by atoms with van der Waals surface area (Å²) in [5.74, 6) is -0.787. The maximum absolute atomic E-state index is 13.0. The van der Waals surface area contributed by atoms with Crippen LogP contribution in [-0.4, -0.2) is 59.3 Å². The molecule has 0 spiro atoms. The maximum atomic E-state index is 13.0. The van der Waals surface area contributed by atoms with E-state index in [0.29, 0.717) is 37.8 Å². The van der Waals surface area contributed by atoms with Crippen molar-refractivity contribution in [1.82, 2.24) is 4.90 Å². The number of amides is 1. The predicted molar refractivity (Wildman–Crippen MR) is 135 cm³/mol. The summed E-state index contributed by atoms with van der Waals surface area (Å²) in [7, 11) is 0. The Kier molecular flexibility index (Phi) is 8.41. The number of rotatable bonds is 10. The molecule has 1 saturated heterocycles. The second-order valence-corrected chi connectivity index (χ2v) is 9.88. The van der Waals surface area contributed by atoms with E-state index in [1.807, 2.05) is 49.4 Å². The summed E-state index contributed by atoms with van der Waals surface area (Å²) in [6.07, 6.45) is 1.31. The van der Waals surface area contributed by atoms with E-state index >= 15 is 0 Å². The van der Waals surface area contributed by atoms with Crippen LogP contribution in [0.4, 0.5) is 0 Å². The lowest BCUT2D eigenvalue weighted by Crippen LogP contribution is -2.37. The molecule has 4 rings (SSSR count). The maximum Gasteiger partial charge on any atom is 0.338 e. The molecule has 1 amide bonds. The van der Waals surface area contributed by atoms with Gasteiger partial charge in [0.1, 0.15) is 12.2 Å². The summed E-state index contributed by atoms with van der Waals surface area (Å²) >= 11 is 0. The van der Waals surface area contributed by atoms with Gasteiger partial charge in [-0.2, -0.15) is 0 Å². The molecule has 2 aliphatic rings. The van der Waals surface area contributed by atoms with Crippen LogP contribution in [0.2, 0.25) is 0 Å². The molecule has 7 nitrogen and oxygen atoms in total. The normalized spacial score (nSPS) is 23.6. The van der Waals surface area contributed by atoms with E-state index in [2.05, 4.69) is 0 Å². The van der Waals surface area contributed by atoms with E-state index < -0.39 is 12.1 Å². The number of hydrogen-bond acceptors (Lipinski definition) is 6. The lowest BCUT2D eigenvalue weighted by Gasteiger charge is -2.27. The van der Waals surface area contributed by atoms with E-state index in [1.54, 1.807) is 17.0 Å².